The normalized spacial score (nSPS) is 11.6. The molecule has 0 spiro atoms. The molecule has 0 radical (unpaired) electrons. The Hall–Kier alpha value is -18.9. The van der Waals surface area contributed by atoms with Crippen LogP contribution in [0.3, 0.4) is 0 Å². The Morgan fingerprint density at radius 1 is 0.138 bits per heavy atom. The third-order valence-electron chi connectivity index (χ3n) is 29.1. The predicted molar refractivity (Wildman–Crippen MR) is 621 cm³/mol. The lowest BCUT2D eigenvalue weighted by Crippen LogP contribution is -2.10. The fourth-order valence-corrected chi connectivity index (χ4v) is 23.5. The molecule has 25 aromatic carbocycles. The maximum atomic E-state index is 2.43. The van der Waals surface area contributed by atoms with E-state index in [0.29, 0.717) is 0 Å². The average molecular weight is 1870 g/mol. The van der Waals surface area contributed by atoms with E-state index in [2.05, 4.69) is 587 Å². The van der Waals surface area contributed by atoms with Crippen molar-refractivity contribution in [1.82, 2.24) is 13.7 Å². The van der Waals surface area contributed by atoms with E-state index in [0.717, 1.165) is 68.2 Å². The number of hydrogen-bond acceptors (Lipinski definition) is 4. The number of para-hydroxylation sites is 5. The standard InChI is InChI=1S/C48H32N2.C46H30N2S.C44H30N2/c1-2-14-39(15-3-1)49(40-24-20-34(21-25-40)38-19-18-33-10-4-5-13-37(33)32-38)41-26-28-42(29-27-41)50-45-30-22-35-11-6-8-16-43(35)47(45)48-44-17-9-7-12-36(44)23-31-46(48)50;1-2-12-35(13-3-1)47(36-22-20-32(21-23-36)34-19-18-31-10-4-5-11-33(31)30-34)37-24-26-38(27-25-37)48-42-16-8-6-15-41(42)45-43(48)29-28-40-39-14-7-9-17-44(39)49-46(40)45;1-2-13-36(14-3-1)45(37-23-20-32(21-24-37)35-19-18-31-10-4-5-12-34(31)30-35)38-25-27-39(28-26-38)46-42-17-9-8-16-41(42)44-40-15-7-6-11-33(40)22-29-43(44)46/h1-32H;1-30H;1-30H. The van der Waals surface area contributed by atoms with Crippen LogP contribution in [0.25, 0.3) is 201 Å². The van der Waals surface area contributed by atoms with Gasteiger partial charge in [0, 0.05) is 121 Å². The van der Waals surface area contributed by atoms with Gasteiger partial charge >= 0.3 is 0 Å². The van der Waals surface area contributed by atoms with Crippen molar-refractivity contribution in [2.45, 2.75) is 0 Å². The smallest absolute Gasteiger partial charge is 0.0555 e. The van der Waals surface area contributed by atoms with Crippen LogP contribution >= 0.6 is 11.3 Å². The second-order valence-corrected chi connectivity index (χ2v) is 38.5. The van der Waals surface area contributed by atoms with Crippen molar-refractivity contribution in [2.75, 3.05) is 14.7 Å². The summed E-state index contributed by atoms with van der Waals surface area (Å²) >= 11 is 1.90. The molecule has 0 atom stereocenters. The zero-order valence-corrected chi connectivity index (χ0v) is 80.0. The Kier molecular flexibility index (Phi) is 21.4. The third kappa shape index (κ3) is 15.4. The maximum absolute atomic E-state index is 2.43. The van der Waals surface area contributed by atoms with Crippen LogP contribution < -0.4 is 14.7 Å². The van der Waals surface area contributed by atoms with Crippen molar-refractivity contribution in [3.63, 3.8) is 0 Å². The molecule has 0 aliphatic heterocycles. The van der Waals surface area contributed by atoms with Crippen LogP contribution in [-0.2, 0) is 0 Å². The first-order chi connectivity index (χ1) is 71.9. The van der Waals surface area contributed by atoms with Gasteiger partial charge in [-0.1, -0.05) is 352 Å². The van der Waals surface area contributed by atoms with E-state index < -0.39 is 0 Å². The molecule has 0 bridgehead atoms. The minimum absolute atomic E-state index is 1.11. The van der Waals surface area contributed by atoms with Crippen molar-refractivity contribution in [3.05, 3.63) is 558 Å². The number of hydrogen-bond donors (Lipinski definition) is 0. The van der Waals surface area contributed by atoms with Crippen LogP contribution in [0.15, 0.2) is 558 Å². The summed E-state index contributed by atoms with van der Waals surface area (Å²) in [6, 6.07) is 202. The van der Waals surface area contributed by atoms with Crippen molar-refractivity contribution in [3.8, 4) is 50.4 Å². The van der Waals surface area contributed by atoms with Crippen molar-refractivity contribution >= 4 is 213 Å². The summed E-state index contributed by atoms with van der Waals surface area (Å²) in [6.07, 6.45) is 0. The van der Waals surface area contributed by atoms with E-state index in [4.69, 9.17) is 0 Å². The largest absolute Gasteiger partial charge is 0.311 e. The van der Waals surface area contributed by atoms with E-state index in [9.17, 15) is 0 Å². The number of rotatable bonds is 15. The molecule has 0 saturated carbocycles. The SMILES string of the molecule is c1ccc(N(c2ccc(-c3ccc4ccccc4c3)cc2)c2ccc(-n3c4ccc5ccccc5c4c4c5ccccc5ccc43)cc2)cc1.c1ccc(N(c2ccc(-c3ccc4ccccc4c3)cc2)c2ccc(-n3c4ccccc4c4c5ccccc5ccc43)cc2)cc1.c1ccc(N(c2ccc(-c3ccc4ccccc4c3)cc2)c2ccc(-n3c4ccccc4c4c5sc6ccccc6c5ccc43)cc2)cc1. The number of thiophene rings is 1. The number of aromatic nitrogens is 3. The first-order valence-electron chi connectivity index (χ1n) is 49.6. The molecule has 0 aliphatic rings. The van der Waals surface area contributed by atoms with Crippen molar-refractivity contribution < 1.29 is 0 Å². The fraction of sp³-hybridized carbons (Fsp3) is 0. The van der Waals surface area contributed by atoms with E-state index >= 15 is 0 Å². The summed E-state index contributed by atoms with van der Waals surface area (Å²) < 4.78 is 9.93. The molecule has 4 aromatic heterocycles. The zero-order valence-electron chi connectivity index (χ0n) is 79.2. The summed E-state index contributed by atoms with van der Waals surface area (Å²) in [4.78, 5) is 6.99. The van der Waals surface area contributed by atoms with E-state index in [1.165, 1.54) is 184 Å². The number of fused-ring (bicyclic) bond motifs is 22. The highest BCUT2D eigenvalue weighted by atomic mass is 32.1. The maximum Gasteiger partial charge on any atom is 0.0555 e. The summed E-state index contributed by atoms with van der Waals surface area (Å²) in [5, 5.41) is 25.6. The second kappa shape index (κ2) is 36.4. The van der Waals surface area contributed by atoms with Gasteiger partial charge in [0.2, 0.25) is 0 Å². The van der Waals surface area contributed by atoms with Gasteiger partial charge in [-0.3, -0.25) is 0 Å². The first-order valence-corrected chi connectivity index (χ1v) is 50.5. The molecule has 0 unspecified atom stereocenters. The van der Waals surface area contributed by atoms with Gasteiger partial charge in [0.15, 0.2) is 0 Å². The van der Waals surface area contributed by atoms with Gasteiger partial charge in [0.05, 0.1) is 33.1 Å². The Morgan fingerprint density at radius 3 is 0.745 bits per heavy atom. The van der Waals surface area contributed by atoms with E-state index in [1.807, 2.05) is 11.3 Å². The Morgan fingerprint density at radius 2 is 0.379 bits per heavy atom. The molecule has 29 rings (SSSR count). The van der Waals surface area contributed by atoms with Crippen LogP contribution in [0.2, 0.25) is 0 Å². The van der Waals surface area contributed by atoms with Crippen LogP contribution in [0.5, 0.6) is 0 Å². The number of benzene rings is 25. The summed E-state index contributed by atoms with van der Waals surface area (Å²) in [5.74, 6) is 0. The Labute approximate surface area is 843 Å². The molecule has 0 aliphatic carbocycles. The number of nitrogens with zero attached hydrogens (tertiary/aromatic N) is 6. The van der Waals surface area contributed by atoms with Crippen molar-refractivity contribution in [2.24, 2.45) is 0 Å². The lowest BCUT2D eigenvalue weighted by atomic mass is 10.00. The van der Waals surface area contributed by atoms with Gasteiger partial charge in [-0.05, 0) is 304 Å². The highest BCUT2D eigenvalue weighted by molar-refractivity contribution is 7.26. The Balaban J connectivity index is 0.000000108. The molecule has 7 heteroatoms. The van der Waals surface area contributed by atoms with Crippen LogP contribution in [-0.4, -0.2) is 13.7 Å². The average Bonchev–Trinajstić information content (AvgIpc) is 1.55. The summed E-state index contributed by atoms with van der Waals surface area (Å²) in [5.41, 5.74) is 28.1. The second-order valence-electron chi connectivity index (χ2n) is 37.4. The van der Waals surface area contributed by atoms with Crippen LogP contribution in [0.4, 0.5) is 51.2 Å². The monoisotopic (exact) mass is 1860 g/mol. The molecule has 0 N–H and O–H groups in total. The van der Waals surface area contributed by atoms with Crippen LogP contribution in [0.1, 0.15) is 0 Å². The molecule has 0 fully saturated rings. The molecule has 680 valence electrons. The highest BCUT2D eigenvalue weighted by Crippen LogP contribution is 2.49. The van der Waals surface area contributed by atoms with Gasteiger partial charge in [0.1, 0.15) is 0 Å². The molecule has 29 aromatic rings. The zero-order chi connectivity index (χ0) is 95.8. The van der Waals surface area contributed by atoms with Gasteiger partial charge < -0.3 is 28.4 Å². The molecule has 145 heavy (non-hydrogen) atoms. The molecule has 4 heterocycles. The minimum atomic E-state index is 1.11. The summed E-state index contributed by atoms with van der Waals surface area (Å²) in [7, 11) is 0. The predicted octanol–water partition coefficient (Wildman–Crippen LogP) is 39.0. The van der Waals surface area contributed by atoms with Gasteiger partial charge in [-0.25, -0.2) is 0 Å². The van der Waals surface area contributed by atoms with E-state index in [1.54, 1.807) is 0 Å². The third-order valence-corrected chi connectivity index (χ3v) is 30.3. The molecule has 0 saturated heterocycles. The molecule has 0 amide bonds. The minimum Gasteiger partial charge on any atom is -0.311 e. The first kappa shape index (κ1) is 85.3. The molecule has 6 nitrogen and oxygen atoms in total. The fourth-order valence-electron chi connectivity index (χ4n) is 22.2. The molecular formula is C138H92N6S. The van der Waals surface area contributed by atoms with E-state index in [-0.39, 0.29) is 0 Å². The topological polar surface area (TPSA) is 24.5 Å². The Bertz CT molecular complexity index is 9890. The lowest BCUT2D eigenvalue weighted by Gasteiger charge is -2.26. The van der Waals surface area contributed by atoms with Crippen LogP contribution in [0, 0.1) is 0 Å². The highest BCUT2D eigenvalue weighted by Gasteiger charge is 2.25. The molecular weight excluding hydrogens is 1770 g/mol. The van der Waals surface area contributed by atoms with Gasteiger partial charge in [-0.15, -0.1) is 11.3 Å². The van der Waals surface area contributed by atoms with Gasteiger partial charge in [0.25, 0.3) is 0 Å². The summed E-state index contributed by atoms with van der Waals surface area (Å²) in [6.45, 7) is 0. The quantitative estimate of drug-likeness (QED) is 0.102. The van der Waals surface area contributed by atoms with Gasteiger partial charge in [-0.2, -0.15) is 0 Å². The number of anilines is 9. The van der Waals surface area contributed by atoms with Crippen molar-refractivity contribution in [1.29, 1.82) is 0 Å². The lowest BCUT2D eigenvalue weighted by molar-refractivity contribution is 1.17.